The molecule has 0 aromatic carbocycles. The molecule has 5 heteroatoms. The Balaban J connectivity index is 3.28. The number of hydrogen-bond acceptors (Lipinski definition) is 5. The molecule has 0 fully saturated rings. The van der Waals surface area contributed by atoms with E-state index in [1.54, 1.807) is 7.11 Å². The van der Waals surface area contributed by atoms with Crippen LogP contribution in [0.5, 0.6) is 0 Å². The molecule has 92 valence electrons. The van der Waals surface area contributed by atoms with Crippen LogP contribution in [0.2, 0.25) is 0 Å². The van der Waals surface area contributed by atoms with Crippen molar-refractivity contribution in [1.82, 2.24) is 0 Å². The first-order valence-corrected chi connectivity index (χ1v) is 5.27. The maximum absolute atomic E-state index is 9.44. The topological polar surface area (TPSA) is 73.9 Å². The summed E-state index contributed by atoms with van der Waals surface area (Å²) < 4.78 is 15.4. The van der Waals surface area contributed by atoms with Gasteiger partial charge in [-0.1, -0.05) is 0 Å². The van der Waals surface area contributed by atoms with Crippen molar-refractivity contribution < 1.29 is 19.3 Å². The smallest absolute Gasteiger partial charge is 0.101 e. The maximum Gasteiger partial charge on any atom is 0.101 e. The standard InChI is InChI=1S/C10H23NO4/c1-9(6-13-2)15-8-10(12)7-14-5-3-4-11/h9-10,12H,3-8,11H2,1-2H3. The molecule has 0 radical (unpaired) electrons. The third-order valence-electron chi connectivity index (χ3n) is 1.78. The summed E-state index contributed by atoms with van der Waals surface area (Å²) in [5.74, 6) is 0. The van der Waals surface area contributed by atoms with E-state index < -0.39 is 6.10 Å². The predicted octanol–water partition coefficient (Wildman–Crippen LogP) is -0.236. The van der Waals surface area contributed by atoms with E-state index >= 15 is 0 Å². The van der Waals surface area contributed by atoms with E-state index in [-0.39, 0.29) is 12.7 Å². The molecule has 0 rings (SSSR count). The van der Waals surface area contributed by atoms with Crippen molar-refractivity contribution >= 4 is 0 Å². The third kappa shape index (κ3) is 10.1. The van der Waals surface area contributed by atoms with E-state index in [2.05, 4.69) is 0 Å². The molecule has 0 aliphatic heterocycles. The zero-order chi connectivity index (χ0) is 11.5. The Kier molecular flexibility index (Phi) is 10.2. The summed E-state index contributed by atoms with van der Waals surface area (Å²) in [6, 6.07) is 0. The third-order valence-corrected chi connectivity index (χ3v) is 1.78. The minimum atomic E-state index is -0.581. The van der Waals surface area contributed by atoms with Gasteiger partial charge < -0.3 is 25.1 Å². The summed E-state index contributed by atoms with van der Waals surface area (Å²) in [6.45, 7) is 4.18. The van der Waals surface area contributed by atoms with E-state index in [1.165, 1.54) is 0 Å². The molecule has 0 amide bonds. The minimum Gasteiger partial charge on any atom is -0.388 e. The number of hydrogen-bond donors (Lipinski definition) is 2. The quantitative estimate of drug-likeness (QED) is 0.498. The number of ether oxygens (including phenoxy) is 3. The summed E-state index contributed by atoms with van der Waals surface area (Å²) in [7, 11) is 1.62. The Labute approximate surface area is 91.5 Å². The van der Waals surface area contributed by atoms with Crippen LogP contribution in [-0.4, -0.2) is 57.4 Å². The number of rotatable bonds is 10. The Hall–Kier alpha value is -0.200. The summed E-state index contributed by atoms with van der Waals surface area (Å²) >= 11 is 0. The molecular formula is C10H23NO4. The van der Waals surface area contributed by atoms with Gasteiger partial charge in [-0.15, -0.1) is 0 Å². The number of aliphatic hydroxyl groups excluding tert-OH is 1. The van der Waals surface area contributed by atoms with Gasteiger partial charge in [0.25, 0.3) is 0 Å². The summed E-state index contributed by atoms with van der Waals surface area (Å²) in [5.41, 5.74) is 5.30. The number of aliphatic hydroxyl groups is 1. The molecule has 0 aliphatic rings. The van der Waals surface area contributed by atoms with Crippen LogP contribution in [0, 0.1) is 0 Å². The fourth-order valence-electron chi connectivity index (χ4n) is 1.01. The van der Waals surface area contributed by atoms with Crippen molar-refractivity contribution in [1.29, 1.82) is 0 Å². The van der Waals surface area contributed by atoms with E-state index in [4.69, 9.17) is 19.9 Å². The Morgan fingerprint density at radius 2 is 2.00 bits per heavy atom. The molecule has 2 atom stereocenters. The number of nitrogens with two attached hydrogens (primary N) is 1. The van der Waals surface area contributed by atoms with Crippen molar-refractivity contribution in [3.05, 3.63) is 0 Å². The highest BCUT2D eigenvalue weighted by atomic mass is 16.5. The van der Waals surface area contributed by atoms with Crippen molar-refractivity contribution in [2.24, 2.45) is 5.73 Å². The van der Waals surface area contributed by atoms with Gasteiger partial charge >= 0.3 is 0 Å². The zero-order valence-corrected chi connectivity index (χ0v) is 9.65. The van der Waals surface area contributed by atoms with Crippen molar-refractivity contribution in [3.8, 4) is 0 Å². The monoisotopic (exact) mass is 221 g/mol. The van der Waals surface area contributed by atoms with Crippen molar-refractivity contribution in [2.45, 2.75) is 25.6 Å². The lowest BCUT2D eigenvalue weighted by atomic mass is 10.4. The Morgan fingerprint density at radius 3 is 2.60 bits per heavy atom. The van der Waals surface area contributed by atoms with E-state index in [9.17, 15) is 5.11 Å². The second-order valence-corrected chi connectivity index (χ2v) is 3.47. The van der Waals surface area contributed by atoms with Crippen LogP contribution in [0.25, 0.3) is 0 Å². The molecule has 0 aromatic heterocycles. The lowest BCUT2D eigenvalue weighted by Crippen LogP contribution is -2.26. The first-order valence-electron chi connectivity index (χ1n) is 5.27. The number of methoxy groups -OCH3 is 1. The largest absolute Gasteiger partial charge is 0.388 e. The molecule has 0 heterocycles. The molecule has 3 N–H and O–H groups in total. The maximum atomic E-state index is 9.44. The fourth-order valence-corrected chi connectivity index (χ4v) is 1.01. The zero-order valence-electron chi connectivity index (χ0n) is 9.65. The lowest BCUT2D eigenvalue weighted by Gasteiger charge is -2.15. The van der Waals surface area contributed by atoms with Crippen molar-refractivity contribution in [2.75, 3.05) is 40.1 Å². The highest BCUT2D eigenvalue weighted by Gasteiger charge is 2.07. The normalized spacial score (nSPS) is 15.2. The van der Waals surface area contributed by atoms with Gasteiger partial charge in [-0.25, -0.2) is 0 Å². The second-order valence-electron chi connectivity index (χ2n) is 3.47. The van der Waals surface area contributed by atoms with Crippen LogP contribution in [0.4, 0.5) is 0 Å². The minimum absolute atomic E-state index is 0.00584. The van der Waals surface area contributed by atoms with Gasteiger partial charge in [0, 0.05) is 13.7 Å². The SMILES string of the molecule is COCC(C)OCC(O)COCCCN. The van der Waals surface area contributed by atoms with Gasteiger partial charge in [0.15, 0.2) is 0 Å². The highest BCUT2D eigenvalue weighted by molar-refractivity contribution is 4.54. The second kappa shape index (κ2) is 10.3. The van der Waals surface area contributed by atoms with Crippen LogP contribution in [-0.2, 0) is 14.2 Å². The van der Waals surface area contributed by atoms with E-state index in [0.29, 0.717) is 26.4 Å². The van der Waals surface area contributed by atoms with Crippen LogP contribution in [0.3, 0.4) is 0 Å². The molecular weight excluding hydrogens is 198 g/mol. The molecule has 15 heavy (non-hydrogen) atoms. The van der Waals surface area contributed by atoms with Gasteiger partial charge in [0.1, 0.15) is 6.10 Å². The van der Waals surface area contributed by atoms with Crippen LogP contribution < -0.4 is 5.73 Å². The predicted molar refractivity (Wildman–Crippen MR) is 57.8 cm³/mol. The molecule has 0 aliphatic carbocycles. The molecule has 0 aromatic rings. The molecule has 0 bridgehead atoms. The van der Waals surface area contributed by atoms with Gasteiger partial charge in [-0.3, -0.25) is 0 Å². The van der Waals surface area contributed by atoms with Crippen molar-refractivity contribution in [3.63, 3.8) is 0 Å². The van der Waals surface area contributed by atoms with Crippen LogP contribution in [0.15, 0.2) is 0 Å². The van der Waals surface area contributed by atoms with Gasteiger partial charge in [-0.2, -0.15) is 0 Å². The molecule has 0 saturated carbocycles. The molecule has 0 saturated heterocycles. The summed E-state index contributed by atoms with van der Waals surface area (Å²) in [6.07, 6.45) is 0.226. The van der Waals surface area contributed by atoms with E-state index in [0.717, 1.165) is 6.42 Å². The Morgan fingerprint density at radius 1 is 1.27 bits per heavy atom. The van der Waals surface area contributed by atoms with Gasteiger partial charge in [0.2, 0.25) is 0 Å². The molecule has 5 nitrogen and oxygen atoms in total. The first-order chi connectivity index (χ1) is 7.20. The van der Waals surface area contributed by atoms with Gasteiger partial charge in [-0.05, 0) is 19.9 Å². The highest BCUT2D eigenvalue weighted by Crippen LogP contribution is 1.95. The molecule has 0 spiro atoms. The van der Waals surface area contributed by atoms with Crippen LogP contribution in [0.1, 0.15) is 13.3 Å². The average Bonchev–Trinajstić information content (AvgIpc) is 2.22. The summed E-state index contributed by atoms with van der Waals surface area (Å²) in [4.78, 5) is 0. The first kappa shape index (κ1) is 14.8. The lowest BCUT2D eigenvalue weighted by molar-refractivity contribution is -0.0566. The molecule has 2 unspecified atom stereocenters. The summed E-state index contributed by atoms with van der Waals surface area (Å²) in [5, 5.41) is 9.44. The fraction of sp³-hybridized carbons (Fsp3) is 1.00. The van der Waals surface area contributed by atoms with E-state index in [1.807, 2.05) is 6.92 Å². The van der Waals surface area contributed by atoms with Gasteiger partial charge in [0.05, 0.1) is 25.9 Å². The van der Waals surface area contributed by atoms with Crippen LogP contribution >= 0.6 is 0 Å². The average molecular weight is 221 g/mol. The Bertz CT molecular complexity index is 135.